The second kappa shape index (κ2) is 8.07. The molecule has 166 valence electrons. The Bertz CT molecular complexity index is 1530. The molecule has 2 aromatic carbocycles. The quantitative estimate of drug-likeness (QED) is 0.426. The van der Waals surface area contributed by atoms with Crippen LogP contribution >= 0.6 is 11.6 Å². The van der Waals surface area contributed by atoms with E-state index in [0.29, 0.717) is 22.3 Å². The maximum absolute atomic E-state index is 13.8. The zero-order valence-electron chi connectivity index (χ0n) is 17.0. The van der Waals surface area contributed by atoms with Gasteiger partial charge in [0.05, 0.1) is 11.8 Å². The van der Waals surface area contributed by atoms with Crippen LogP contribution in [0.3, 0.4) is 0 Å². The van der Waals surface area contributed by atoms with E-state index in [0.717, 1.165) is 22.4 Å². The zero-order chi connectivity index (χ0) is 23.2. The third-order valence-corrected chi connectivity index (χ3v) is 6.33. The molecule has 0 unspecified atom stereocenters. The Labute approximate surface area is 187 Å². The predicted octanol–water partition coefficient (Wildman–Crippen LogP) is 4.42. The monoisotopic (exact) mass is 478 g/mol. The number of rotatable bonds is 5. The second-order valence-corrected chi connectivity index (χ2v) is 9.48. The van der Waals surface area contributed by atoms with Crippen molar-refractivity contribution >= 4 is 32.5 Å². The molecule has 0 atom stereocenters. The Hall–Kier alpha value is -3.17. The van der Waals surface area contributed by atoms with Crippen LogP contribution in [0.25, 0.3) is 16.6 Å². The Morgan fingerprint density at radius 3 is 2.50 bits per heavy atom. The fourth-order valence-corrected chi connectivity index (χ4v) is 4.43. The first-order chi connectivity index (χ1) is 15.1. The van der Waals surface area contributed by atoms with Crippen molar-refractivity contribution in [1.29, 1.82) is 0 Å². The first-order valence-electron chi connectivity index (χ1n) is 9.37. The van der Waals surface area contributed by atoms with Crippen molar-refractivity contribution in [2.24, 2.45) is 0 Å². The van der Waals surface area contributed by atoms with E-state index in [1.807, 2.05) is 0 Å². The summed E-state index contributed by atoms with van der Waals surface area (Å²) in [6, 6.07) is 11.2. The number of hydrogen-bond acceptors (Lipinski definition) is 4. The Morgan fingerprint density at radius 1 is 1.06 bits per heavy atom. The van der Waals surface area contributed by atoms with E-state index in [1.165, 1.54) is 22.9 Å². The lowest BCUT2D eigenvalue weighted by Crippen LogP contribution is -2.21. The Balaban J connectivity index is 1.70. The molecule has 0 aliphatic heterocycles. The maximum atomic E-state index is 13.8. The van der Waals surface area contributed by atoms with Gasteiger partial charge in [-0.15, -0.1) is 0 Å². The molecule has 2 heterocycles. The van der Waals surface area contributed by atoms with E-state index in [4.69, 9.17) is 16.3 Å². The van der Waals surface area contributed by atoms with E-state index in [-0.39, 0.29) is 22.9 Å². The predicted molar refractivity (Wildman–Crippen MR) is 118 cm³/mol. The van der Waals surface area contributed by atoms with Gasteiger partial charge in [0, 0.05) is 40.7 Å². The highest BCUT2D eigenvalue weighted by Gasteiger charge is 2.16. The van der Waals surface area contributed by atoms with Crippen molar-refractivity contribution in [1.82, 2.24) is 8.54 Å². The summed E-state index contributed by atoms with van der Waals surface area (Å²) < 4.78 is 58.7. The first kappa shape index (κ1) is 22.0. The Morgan fingerprint density at radius 2 is 1.81 bits per heavy atom. The lowest BCUT2D eigenvalue weighted by atomic mass is 10.2. The second-order valence-electron chi connectivity index (χ2n) is 7.25. The average Bonchev–Trinajstić information content (AvgIpc) is 3.14. The van der Waals surface area contributed by atoms with Gasteiger partial charge in [0.25, 0.3) is 5.56 Å². The smallest absolute Gasteiger partial charge is 0.277 e. The summed E-state index contributed by atoms with van der Waals surface area (Å²) in [6.45, 7) is 1.44. The number of ether oxygens (including phenoxy) is 1. The molecule has 2 aromatic heterocycles. The largest absolute Gasteiger partial charge is 0.487 e. The minimum atomic E-state index is -3.46. The summed E-state index contributed by atoms with van der Waals surface area (Å²) in [5, 5.41) is 0.425. The molecule has 10 heteroatoms. The van der Waals surface area contributed by atoms with Gasteiger partial charge in [-0.1, -0.05) is 11.6 Å². The van der Waals surface area contributed by atoms with E-state index in [9.17, 15) is 22.0 Å². The van der Waals surface area contributed by atoms with Crippen LogP contribution in [0.5, 0.6) is 5.75 Å². The molecule has 4 rings (SSSR count). The molecule has 4 aromatic rings. The average molecular weight is 479 g/mol. The summed E-state index contributed by atoms with van der Waals surface area (Å²) >= 11 is 6.24. The molecule has 0 radical (unpaired) electrons. The number of hydrogen-bond donors (Lipinski definition) is 0. The topological polar surface area (TPSA) is 70.3 Å². The lowest BCUT2D eigenvalue weighted by Gasteiger charge is -2.15. The molecule has 32 heavy (non-hydrogen) atoms. The van der Waals surface area contributed by atoms with Crippen LogP contribution in [0.2, 0.25) is 5.02 Å². The summed E-state index contributed by atoms with van der Waals surface area (Å²) in [4.78, 5) is 13.0. The van der Waals surface area contributed by atoms with Gasteiger partial charge in [-0.3, -0.25) is 9.36 Å². The number of benzene rings is 2. The highest BCUT2D eigenvalue weighted by atomic mass is 35.5. The van der Waals surface area contributed by atoms with Gasteiger partial charge in [0.15, 0.2) is 0 Å². The van der Waals surface area contributed by atoms with Crippen LogP contribution in [-0.4, -0.2) is 23.2 Å². The van der Waals surface area contributed by atoms with E-state index >= 15 is 0 Å². The van der Waals surface area contributed by atoms with Crippen LogP contribution in [-0.2, 0) is 16.6 Å². The van der Waals surface area contributed by atoms with Crippen molar-refractivity contribution in [3.05, 3.63) is 93.0 Å². The zero-order valence-corrected chi connectivity index (χ0v) is 18.5. The summed E-state index contributed by atoms with van der Waals surface area (Å²) in [6.07, 6.45) is 2.54. The number of nitrogens with zero attached hydrogens (tertiary/aromatic N) is 2. The van der Waals surface area contributed by atoms with Gasteiger partial charge in [0.2, 0.25) is 10.0 Å². The normalized spacial score (nSPS) is 11.8. The first-order valence-corrected chi connectivity index (χ1v) is 11.6. The summed E-state index contributed by atoms with van der Waals surface area (Å²) in [7, 11) is -3.46. The van der Waals surface area contributed by atoms with E-state index in [1.54, 1.807) is 31.2 Å². The minimum absolute atomic E-state index is 0.0680. The Kier molecular flexibility index (Phi) is 5.56. The number of pyridine rings is 1. The number of aryl methyl sites for hydroxylation is 1. The maximum Gasteiger partial charge on any atom is 0.277 e. The number of halogens is 3. The third-order valence-electron chi connectivity index (χ3n) is 4.95. The summed E-state index contributed by atoms with van der Waals surface area (Å²) in [5.74, 6) is -1.40. The van der Waals surface area contributed by atoms with Crippen LogP contribution in [0.15, 0.2) is 59.5 Å². The molecule has 0 amide bonds. The van der Waals surface area contributed by atoms with Crippen LogP contribution in [0.4, 0.5) is 8.78 Å². The lowest BCUT2D eigenvalue weighted by molar-refractivity contribution is 0.298. The minimum Gasteiger partial charge on any atom is -0.487 e. The third kappa shape index (κ3) is 4.01. The highest BCUT2D eigenvalue weighted by molar-refractivity contribution is 7.89. The fourth-order valence-electron chi connectivity index (χ4n) is 3.43. The molecule has 0 bridgehead atoms. The van der Waals surface area contributed by atoms with Crippen molar-refractivity contribution in [3.63, 3.8) is 0 Å². The van der Waals surface area contributed by atoms with Crippen molar-refractivity contribution in [3.8, 4) is 11.4 Å². The molecule has 0 fully saturated rings. The van der Waals surface area contributed by atoms with E-state index < -0.39 is 27.2 Å². The molecular weight excluding hydrogens is 462 g/mol. The number of aromatic nitrogens is 2. The van der Waals surface area contributed by atoms with Gasteiger partial charge < -0.3 is 4.74 Å². The molecule has 0 N–H and O–H groups in total. The van der Waals surface area contributed by atoms with Gasteiger partial charge >= 0.3 is 0 Å². The molecule has 0 aliphatic carbocycles. The molecular formula is C22H17ClF2N2O4S. The molecule has 6 nitrogen and oxygen atoms in total. The SMILES string of the molecule is Cc1cc(OCc2ccc(F)cc2F)c(Cl)c(=O)n1-c1ccc2c(ccn2S(C)(=O)=O)c1. The van der Waals surface area contributed by atoms with Gasteiger partial charge in [-0.2, -0.15) is 0 Å². The number of fused-ring (bicyclic) bond motifs is 1. The van der Waals surface area contributed by atoms with Gasteiger partial charge in [0.1, 0.15) is 29.0 Å². The van der Waals surface area contributed by atoms with Crippen molar-refractivity contribution in [2.75, 3.05) is 6.26 Å². The van der Waals surface area contributed by atoms with Crippen molar-refractivity contribution in [2.45, 2.75) is 13.5 Å². The fraction of sp³-hybridized carbons (Fsp3) is 0.136. The van der Waals surface area contributed by atoms with Gasteiger partial charge in [-0.25, -0.2) is 21.2 Å². The summed E-state index contributed by atoms with van der Waals surface area (Å²) in [5.41, 5.74) is 1.03. The highest BCUT2D eigenvalue weighted by Crippen LogP contribution is 2.27. The molecule has 0 spiro atoms. The van der Waals surface area contributed by atoms with E-state index in [2.05, 4.69) is 0 Å². The standard InChI is InChI=1S/C22H17ClF2N2O4S/c1-13-9-20(31-12-15-3-4-16(24)11-18(15)25)21(23)22(28)27(13)17-5-6-19-14(10-17)7-8-26(19)32(2,29)30/h3-11H,12H2,1-2H3. The van der Waals surface area contributed by atoms with Crippen LogP contribution in [0, 0.1) is 18.6 Å². The van der Waals surface area contributed by atoms with Crippen LogP contribution < -0.4 is 10.3 Å². The molecule has 0 aliphatic rings. The molecule has 0 saturated heterocycles. The molecule has 0 saturated carbocycles. The van der Waals surface area contributed by atoms with Gasteiger partial charge in [-0.05, 0) is 43.3 Å². The van der Waals surface area contributed by atoms with Crippen molar-refractivity contribution < 1.29 is 21.9 Å². The van der Waals surface area contributed by atoms with Crippen LogP contribution in [0.1, 0.15) is 11.3 Å².